The summed E-state index contributed by atoms with van der Waals surface area (Å²) in [4.78, 5) is 14.4. The lowest BCUT2D eigenvalue weighted by molar-refractivity contribution is 0.0927. The first-order valence-electron chi connectivity index (χ1n) is 6.87. The van der Waals surface area contributed by atoms with Crippen molar-refractivity contribution in [2.75, 3.05) is 19.6 Å². The fourth-order valence-electron chi connectivity index (χ4n) is 2.41. The molecule has 2 heteroatoms. The molecule has 0 bridgehead atoms. The van der Waals surface area contributed by atoms with E-state index in [9.17, 15) is 4.79 Å². The van der Waals surface area contributed by atoms with Gasteiger partial charge >= 0.3 is 0 Å². The molecule has 0 spiro atoms. The molecular formula is C16H23NO. The van der Waals surface area contributed by atoms with Crippen LogP contribution in [0.25, 0.3) is 0 Å². The summed E-state index contributed by atoms with van der Waals surface area (Å²) in [6, 6.07) is 9.61. The average Bonchev–Trinajstić information content (AvgIpc) is 2.38. The summed E-state index contributed by atoms with van der Waals surface area (Å²) >= 11 is 0. The third-order valence-electron chi connectivity index (χ3n) is 3.96. The number of carbonyl (C=O) groups excluding carboxylic acids is 1. The Kier molecular flexibility index (Phi) is 4.18. The Morgan fingerprint density at radius 3 is 2.39 bits per heavy atom. The van der Waals surface area contributed by atoms with Gasteiger partial charge in [0.2, 0.25) is 0 Å². The number of carbonyl (C=O) groups is 1. The third kappa shape index (κ3) is 3.67. The number of hydrogen-bond donors (Lipinski definition) is 0. The van der Waals surface area contributed by atoms with Gasteiger partial charge < -0.3 is 4.90 Å². The second kappa shape index (κ2) is 5.66. The lowest BCUT2D eigenvalue weighted by atomic mass is 9.82. The Morgan fingerprint density at radius 1 is 1.17 bits per heavy atom. The summed E-state index contributed by atoms with van der Waals surface area (Å²) in [6.45, 7) is 7.84. The van der Waals surface area contributed by atoms with Crippen molar-refractivity contribution in [1.29, 1.82) is 0 Å². The predicted octanol–water partition coefficient (Wildman–Crippen LogP) is 3.38. The summed E-state index contributed by atoms with van der Waals surface area (Å²) in [6.07, 6.45) is 3.13. The molecular weight excluding hydrogens is 222 g/mol. The van der Waals surface area contributed by atoms with Crippen molar-refractivity contribution >= 4 is 5.78 Å². The highest BCUT2D eigenvalue weighted by molar-refractivity contribution is 5.96. The van der Waals surface area contributed by atoms with Crippen molar-refractivity contribution < 1.29 is 4.79 Å². The number of Topliss-reactive ketones (excluding diaryl/α,β-unsaturated/α-hetero) is 1. The number of likely N-dealkylation sites (tertiary alicyclic amines) is 1. The van der Waals surface area contributed by atoms with Gasteiger partial charge in [0.05, 0.1) is 0 Å². The van der Waals surface area contributed by atoms with Crippen LogP contribution in [0, 0.1) is 5.41 Å². The topological polar surface area (TPSA) is 20.3 Å². The van der Waals surface area contributed by atoms with Crippen molar-refractivity contribution in [1.82, 2.24) is 4.90 Å². The summed E-state index contributed by atoms with van der Waals surface area (Å²) in [5, 5.41) is 0. The van der Waals surface area contributed by atoms with Crippen LogP contribution in [0.1, 0.15) is 43.5 Å². The van der Waals surface area contributed by atoms with E-state index in [4.69, 9.17) is 0 Å². The number of benzene rings is 1. The molecule has 2 rings (SSSR count). The van der Waals surface area contributed by atoms with Crippen LogP contribution in [0.3, 0.4) is 0 Å². The molecule has 0 radical (unpaired) electrons. The fraction of sp³-hybridized carbons (Fsp3) is 0.562. The molecule has 0 unspecified atom stereocenters. The normalized spacial score (nSPS) is 19.7. The molecule has 0 N–H and O–H groups in total. The summed E-state index contributed by atoms with van der Waals surface area (Å²) in [5.41, 5.74) is 1.33. The first-order chi connectivity index (χ1) is 8.57. The minimum Gasteiger partial charge on any atom is -0.303 e. The number of ketones is 1. The Labute approximate surface area is 110 Å². The minimum atomic E-state index is 0.264. The van der Waals surface area contributed by atoms with Gasteiger partial charge in [0.15, 0.2) is 5.78 Å². The second-order valence-electron chi connectivity index (χ2n) is 6.05. The highest BCUT2D eigenvalue weighted by Gasteiger charge is 2.25. The van der Waals surface area contributed by atoms with E-state index in [2.05, 4.69) is 18.7 Å². The zero-order valence-electron chi connectivity index (χ0n) is 11.5. The molecule has 0 saturated carbocycles. The van der Waals surface area contributed by atoms with E-state index in [-0.39, 0.29) is 5.78 Å². The van der Waals surface area contributed by atoms with Gasteiger partial charge in [-0.05, 0) is 31.3 Å². The van der Waals surface area contributed by atoms with E-state index in [1.54, 1.807) is 0 Å². The van der Waals surface area contributed by atoms with Gasteiger partial charge in [-0.1, -0.05) is 44.2 Å². The quantitative estimate of drug-likeness (QED) is 0.758. The molecule has 98 valence electrons. The number of piperidine rings is 1. The molecule has 1 fully saturated rings. The molecule has 0 atom stereocenters. The molecule has 1 aromatic rings. The van der Waals surface area contributed by atoms with Crippen LogP contribution in [0.15, 0.2) is 30.3 Å². The predicted molar refractivity (Wildman–Crippen MR) is 74.8 cm³/mol. The first kappa shape index (κ1) is 13.3. The van der Waals surface area contributed by atoms with E-state index in [0.29, 0.717) is 11.8 Å². The maximum atomic E-state index is 12.0. The van der Waals surface area contributed by atoms with Crippen LogP contribution in [0.2, 0.25) is 0 Å². The standard InChI is InChI=1S/C16H23NO/c1-16(2)9-12-17(13-10-16)11-8-15(18)14-6-4-3-5-7-14/h3-7H,8-13H2,1-2H3. The van der Waals surface area contributed by atoms with E-state index < -0.39 is 0 Å². The van der Waals surface area contributed by atoms with Crippen molar-refractivity contribution in [2.45, 2.75) is 33.1 Å². The van der Waals surface area contributed by atoms with Crippen LogP contribution in [-0.4, -0.2) is 30.3 Å². The zero-order chi connectivity index (χ0) is 13.0. The van der Waals surface area contributed by atoms with Crippen molar-refractivity contribution in [3.8, 4) is 0 Å². The van der Waals surface area contributed by atoms with Crippen LogP contribution in [-0.2, 0) is 0 Å². The molecule has 2 nitrogen and oxygen atoms in total. The van der Waals surface area contributed by atoms with Gasteiger partial charge in [-0.2, -0.15) is 0 Å². The molecule has 0 aromatic heterocycles. The first-order valence-corrected chi connectivity index (χ1v) is 6.87. The van der Waals surface area contributed by atoms with Gasteiger partial charge in [-0.15, -0.1) is 0 Å². The van der Waals surface area contributed by atoms with Gasteiger partial charge in [0.1, 0.15) is 0 Å². The van der Waals surface area contributed by atoms with Crippen molar-refractivity contribution in [3.05, 3.63) is 35.9 Å². The highest BCUT2D eigenvalue weighted by Crippen LogP contribution is 2.29. The summed E-state index contributed by atoms with van der Waals surface area (Å²) < 4.78 is 0. The Morgan fingerprint density at radius 2 is 1.78 bits per heavy atom. The van der Waals surface area contributed by atoms with Gasteiger partial charge in [-0.25, -0.2) is 0 Å². The van der Waals surface area contributed by atoms with Gasteiger partial charge in [0, 0.05) is 18.5 Å². The van der Waals surface area contributed by atoms with Crippen LogP contribution >= 0.6 is 0 Å². The number of hydrogen-bond acceptors (Lipinski definition) is 2. The zero-order valence-corrected chi connectivity index (χ0v) is 11.5. The Balaban J connectivity index is 1.78. The molecule has 1 aliphatic heterocycles. The maximum absolute atomic E-state index is 12.0. The van der Waals surface area contributed by atoms with Crippen LogP contribution in [0.5, 0.6) is 0 Å². The molecule has 0 amide bonds. The maximum Gasteiger partial charge on any atom is 0.164 e. The molecule has 1 heterocycles. The average molecular weight is 245 g/mol. The second-order valence-corrected chi connectivity index (χ2v) is 6.05. The van der Waals surface area contributed by atoms with Crippen molar-refractivity contribution in [2.24, 2.45) is 5.41 Å². The smallest absolute Gasteiger partial charge is 0.164 e. The lowest BCUT2D eigenvalue weighted by Crippen LogP contribution is -2.38. The molecule has 1 aromatic carbocycles. The fourth-order valence-corrected chi connectivity index (χ4v) is 2.41. The molecule has 0 aliphatic carbocycles. The SMILES string of the molecule is CC1(C)CCN(CCC(=O)c2ccccc2)CC1. The van der Waals surface area contributed by atoms with E-state index in [0.717, 1.165) is 25.2 Å². The summed E-state index contributed by atoms with van der Waals surface area (Å²) in [5.74, 6) is 0.264. The Bertz CT molecular complexity index is 387. The van der Waals surface area contributed by atoms with Gasteiger partial charge in [0.25, 0.3) is 0 Å². The van der Waals surface area contributed by atoms with Crippen LogP contribution in [0.4, 0.5) is 0 Å². The Hall–Kier alpha value is -1.15. The molecule has 1 saturated heterocycles. The largest absolute Gasteiger partial charge is 0.303 e. The van der Waals surface area contributed by atoms with E-state index in [1.165, 1.54) is 12.8 Å². The monoisotopic (exact) mass is 245 g/mol. The molecule has 1 aliphatic rings. The van der Waals surface area contributed by atoms with E-state index >= 15 is 0 Å². The minimum absolute atomic E-state index is 0.264. The number of nitrogens with zero attached hydrogens (tertiary/aromatic N) is 1. The number of rotatable bonds is 4. The molecule has 18 heavy (non-hydrogen) atoms. The van der Waals surface area contributed by atoms with Crippen LogP contribution < -0.4 is 0 Å². The summed E-state index contributed by atoms with van der Waals surface area (Å²) in [7, 11) is 0. The van der Waals surface area contributed by atoms with Gasteiger partial charge in [-0.3, -0.25) is 4.79 Å². The third-order valence-corrected chi connectivity index (χ3v) is 3.96. The van der Waals surface area contributed by atoms with Crippen molar-refractivity contribution in [3.63, 3.8) is 0 Å². The highest BCUT2D eigenvalue weighted by atomic mass is 16.1. The lowest BCUT2D eigenvalue weighted by Gasteiger charge is -2.36. The van der Waals surface area contributed by atoms with E-state index in [1.807, 2.05) is 30.3 Å².